The van der Waals surface area contributed by atoms with Gasteiger partial charge in [-0.15, -0.1) is 0 Å². The number of hydrogen-bond donors (Lipinski definition) is 4. The van der Waals surface area contributed by atoms with Crippen LogP contribution in [0.15, 0.2) is 23.0 Å². The van der Waals surface area contributed by atoms with E-state index in [0.717, 1.165) is 13.2 Å². The van der Waals surface area contributed by atoms with Gasteiger partial charge in [-0.25, -0.2) is 19.2 Å². The van der Waals surface area contributed by atoms with Gasteiger partial charge in [0.15, 0.2) is 11.5 Å². The lowest BCUT2D eigenvalue weighted by Gasteiger charge is -2.70. The van der Waals surface area contributed by atoms with Crippen molar-refractivity contribution in [2.45, 2.75) is 83.0 Å². The van der Waals surface area contributed by atoms with E-state index < -0.39 is 100 Å². The molecular weight excluding hydrogens is 568 g/mol. The number of ketones is 1. The molecule has 14 heteroatoms. The summed E-state index contributed by atoms with van der Waals surface area (Å²) in [5.74, 6) is -6.91. The number of aliphatic hydroxyl groups excluding tert-OH is 2. The van der Waals surface area contributed by atoms with Gasteiger partial charge in [0.05, 0.1) is 25.2 Å². The zero-order valence-corrected chi connectivity index (χ0v) is 24.7. The van der Waals surface area contributed by atoms with Crippen molar-refractivity contribution in [3.8, 4) is 0 Å². The third kappa shape index (κ3) is 3.66. The van der Waals surface area contributed by atoms with Crippen molar-refractivity contribution in [3.63, 3.8) is 0 Å². The van der Waals surface area contributed by atoms with Crippen LogP contribution in [0.3, 0.4) is 0 Å². The molecule has 0 aromatic rings. The van der Waals surface area contributed by atoms with E-state index in [1.54, 1.807) is 27.7 Å². The average molecular weight is 605 g/mol. The SMILES string of the molecule is COC(=O)[C@@]12OC[C@]34C([C@@H](O)[C@@H]1O)[C@@]1(C)CC(=O)C(OC(=O)C(C)=N)=C(C)[C@@H]1C[C@H]3OC(=O)[C@H](OC(=O)C=C(C)C)C24N. The molecule has 0 amide bonds. The number of ether oxygens (including phenoxy) is 5. The molecule has 0 aromatic heterocycles. The molecule has 5 N–H and O–H groups in total. The lowest BCUT2D eigenvalue weighted by atomic mass is 9.36. The normalized spacial score (nSPS) is 42.6. The summed E-state index contributed by atoms with van der Waals surface area (Å²) in [6.07, 6.45) is -6.16. The molecule has 0 aromatic carbocycles. The van der Waals surface area contributed by atoms with E-state index in [9.17, 15) is 34.2 Å². The van der Waals surface area contributed by atoms with Crippen molar-refractivity contribution in [1.29, 1.82) is 5.41 Å². The number of allylic oxidation sites excluding steroid dienone is 3. The van der Waals surface area contributed by atoms with Crippen LogP contribution in [0.25, 0.3) is 0 Å². The second kappa shape index (κ2) is 9.78. The second-order valence-electron chi connectivity index (χ2n) is 12.7. The van der Waals surface area contributed by atoms with Gasteiger partial charge in [0.2, 0.25) is 11.7 Å². The predicted molar refractivity (Wildman–Crippen MR) is 143 cm³/mol. The smallest absolute Gasteiger partial charge is 0.357 e. The van der Waals surface area contributed by atoms with Gasteiger partial charge < -0.3 is 39.6 Å². The number of Topliss-reactive ketones (excluding diaryl/α,β-unsaturated/α-hetero) is 1. The maximum atomic E-state index is 13.7. The van der Waals surface area contributed by atoms with Crippen LogP contribution in [0.5, 0.6) is 0 Å². The van der Waals surface area contributed by atoms with Gasteiger partial charge in [0.25, 0.3) is 0 Å². The molecule has 2 saturated heterocycles. The number of rotatable bonds is 5. The second-order valence-corrected chi connectivity index (χ2v) is 12.7. The number of nitrogens with one attached hydrogen (secondary N) is 1. The van der Waals surface area contributed by atoms with Gasteiger partial charge in [-0.3, -0.25) is 10.2 Å². The van der Waals surface area contributed by atoms with Crippen molar-refractivity contribution in [3.05, 3.63) is 23.0 Å². The molecule has 3 aliphatic carbocycles. The maximum Gasteiger partial charge on any atom is 0.357 e. The number of fused-ring (bicyclic) bond motifs is 2. The Morgan fingerprint density at radius 2 is 1.81 bits per heavy atom. The van der Waals surface area contributed by atoms with Crippen molar-refractivity contribution in [2.24, 2.45) is 28.4 Å². The summed E-state index contributed by atoms with van der Waals surface area (Å²) in [5, 5.41) is 31.2. The lowest BCUT2D eigenvalue weighted by Crippen LogP contribution is -2.90. The summed E-state index contributed by atoms with van der Waals surface area (Å²) in [7, 11) is 1.02. The molecule has 2 aliphatic heterocycles. The van der Waals surface area contributed by atoms with E-state index in [0.29, 0.717) is 11.1 Å². The standard InChI is InChI=1S/C29H36N2O12/c1-11(2)7-17(33)42-22-24(37)41-16-8-14-12(3)19(43-23(36)13(4)30)15(32)9-26(14,5)20-18(34)21(35)28(25(38)39-6)29(22,31)27(16,20)10-40-28/h7,14,16,18,20-22,30,34-35H,8-10,31H2,1-6H3/t14-,16+,18+,20?,21-,22-,26-,27+,28-,29?/m0/s1. The molecule has 4 fully saturated rings. The molecule has 5 aliphatic rings. The maximum absolute atomic E-state index is 13.7. The van der Waals surface area contributed by atoms with Gasteiger partial charge >= 0.3 is 23.9 Å². The Balaban J connectivity index is 1.74. The van der Waals surface area contributed by atoms with Crippen LogP contribution in [0.2, 0.25) is 0 Å². The van der Waals surface area contributed by atoms with Gasteiger partial charge in [0, 0.05) is 18.4 Å². The number of nitrogens with two attached hydrogens (primary N) is 1. The molecule has 1 spiro atoms. The minimum atomic E-state index is -2.56. The third-order valence-corrected chi connectivity index (χ3v) is 10.3. The van der Waals surface area contributed by atoms with Gasteiger partial charge in [-0.1, -0.05) is 12.5 Å². The minimum Gasteiger partial charge on any atom is -0.467 e. The topological polar surface area (TPSA) is 222 Å². The summed E-state index contributed by atoms with van der Waals surface area (Å²) in [6.45, 7) is 7.33. The van der Waals surface area contributed by atoms with Crippen LogP contribution in [0, 0.1) is 28.1 Å². The van der Waals surface area contributed by atoms with Crippen molar-refractivity contribution in [2.75, 3.05) is 13.7 Å². The van der Waals surface area contributed by atoms with Gasteiger partial charge in [-0.2, -0.15) is 0 Å². The van der Waals surface area contributed by atoms with E-state index in [1.807, 2.05) is 0 Å². The molecule has 43 heavy (non-hydrogen) atoms. The Hall–Kier alpha value is -3.46. The van der Waals surface area contributed by atoms with Crippen LogP contribution in [-0.2, 0) is 47.7 Å². The van der Waals surface area contributed by atoms with Crippen LogP contribution in [0.1, 0.15) is 47.5 Å². The average Bonchev–Trinajstić information content (AvgIpc) is 3.13. The number of methoxy groups -OCH3 is 1. The van der Waals surface area contributed by atoms with Gasteiger partial charge in [-0.05, 0) is 51.0 Å². The summed E-state index contributed by atoms with van der Waals surface area (Å²) >= 11 is 0. The van der Waals surface area contributed by atoms with Crippen molar-refractivity contribution in [1.82, 2.24) is 0 Å². The first-order valence-electron chi connectivity index (χ1n) is 13.9. The van der Waals surface area contributed by atoms with E-state index in [4.69, 9.17) is 34.8 Å². The number of hydrogen-bond acceptors (Lipinski definition) is 14. The Morgan fingerprint density at radius 1 is 1.16 bits per heavy atom. The first kappa shape index (κ1) is 31.0. The highest BCUT2D eigenvalue weighted by molar-refractivity contribution is 6.34. The van der Waals surface area contributed by atoms with Crippen LogP contribution < -0.4 is 5.73 Å². The summed E-state index contributed by atoms with van der Waals surface area (Å²) < 4.78 is 27.8. The largest absolute Gasteiger partial charge is 0.467 e. The zero-order valence-electron chi connectivity index (χ0n) is 24.7. The van der Waals surface area contributed by atoms with E-state index in [2.05, 4.69) is 0 Å². The number of carbonyl (C=O) groups excluding carboxylic acids is 5. The molecule has 10 atom stereocenters. The van der Waals surface area contributed by atoms with Crippen LogP contribution >= 0.6 is 0 Å². The molecular formula is C29H36N2O12. The molecule has 2 saturated carbocycles. The lowest BCUT2D eigenvalue weighted by molar-refractivity contribution is -0.297. The molecule has 2 bridgehead atoms. The number of aliphatic hydroxyl groups is 2. The first-order valence-corrected chi connectivity index (χ1v) is 13.9. The molecule has 5 rings (SSSR count). The Bertz CT molecular complexity index is 1420. The fourth-order valence-corrected chi connectivity index (χ4v) is 8.69. The minimum absolute atomic E-state index is 0.000506. The molecule has 2 unspecified atom stereocenters. The number of esters is 4. The highest BCUT2D eigenvalue weighted by atomic mass is 16.6. The third-order valence-electron chi connectivity index (χ3n) is 10.3. The fourth-order valence-electron chi connectivity index (χ4n) is 8.69. The highest BCUT2D eigenvalue weighted by Gasteiger charge is 2.91. The Kier molecular flexibility index (Phi) is 7.04. The fraction of sp³-hybridized carbons (Fsp3) is 0.655. The van der Waals surface area contributed by atoms with Crippen molar-refractivity contribution >= 4 is 35.4 Å². The quantitative estimate of drug-likeness (QED) is 0.136. The summed E-state index contributed by atoms with van der Waals surface area (Å²) in [6, 6.07) is 0. The van der Waals surface area contributed by atoms with E-state index in [1.165, 1.54) is 6.92 Å². The van der Waals surface area contributed by atoms with Crippen LogP contribution in [-0.4, -0.2) is 94.9 Å². The molecule has 234 valence electrons. The van der Waals surface area contributed by atoms with Crippen molar-refractivity contribution < 1.29 is 57.9 Å². The number of carbonyl (C=O) groups is 5. The monoisotopic (exact) mass is 604 g/mol. The first-order chi connectivity index (χ1) is 19.9. The molecule has 2 heterocycles. The Morgan fingerprint density at radius 3 is 2.40 bits per heavy atom. The molecule has 14 nitrogen and oxygen atoms in total. The summed E-state index contributed by atoms with van der Waals surface area (Å²) in [5.41, 5.74) is -0.135. The predicted octanol–water partition coefficient (Wildman–Crippen LogP) is -0.377. The van der Waals surface area contributed by atoms with Gasteiger partial charge in [0.1, 0.15) is 23.5 Å². The molecule has 0 radical (unpaired) electrons. The summed E-state index contributed by atoms with van der Waals surface area (Å²) in [4.78, 5) is 65.9. The Labute approximate surface area is 247 Å². The van der Waals surface area contributed by atoms with E-state index >= 15 is 0 Å². The van der Waals surface area contributed by atoms with Crippen LogP contribution in [0.4, 0.5) is 0 Å². The zero-order chi connectivity index (χ0) is 32.0. The van der Waals surface area contributed by atoms with E-state index in [-0.39, 0.29) is 18.6 Å². The highest BCUT2D eigenvalue weighted by Crippen LogP contribution is 2.73.